The highest BCUT2D eigenvalue weighted by molar-refractivity contribution is 9.10. The van der Waals surface area contributed by atoms with Gasteiger partial charge in [-0.05, 0) is 46.5 Å². The minimum absolute atomic E-state index is 0.172. The summed E-state index contributed by atoms with van der Waals surface area (Å²) >= 11 is 9.10. The van der Waals surface area contributed by atoms with Crippen molar-refractivity contribution in [1.82, 2.24) is 5.32 Å². The molecule has 100 valence electrons. The average molecular weight is 335 g/mol. The van der Waals surface area contributed by atoms with Crippen LogP contribution >= 0.6 is 27.5 Å². The third-order valence-electron chi connectivity index (χ3n) is 2.67. The molecule has 1 rings (SSSR count). The first kappa shape index (κ1) is 15.5. The van der Waals surface area contributed by atoms with Gasteiger partial charge < -0.3 is 10.4 Å². The van der Waals surface area contributed by atoms with E-state index in [-0.39, 0.29) is 17.9 Å². The quantitative estimate of drug-likeness (QED) is 0.868. The molecule has 0 heterocycles. The molecule has 0 unspecified atom stereocenters. The second kappa shape index (κ2) is 7.12. The molecule has 0 fully saturated rings. The van der Waals surface area contributed by atoms with Crippen LogP contribution in [0.5, 0.6) is 0 Å². The van der Waals surface area contributed by atoms with Crippen LogP contribution in [0.3, 0.4) is 0 Å². The highest BCUT2D eigenvalue weighted by Crippen LogP contribution is 2.21. The molecule has 0 aliphatic rings. The fourth-order valence-corrected chi connectivity index (χ4v) is 2.30. The molecule has 0 aliphatic carbocycles. The topological polar surface area (TPSA) is 49.3 Å². The van der Waals surface area contributed by atoms with Crippen molar-refractivity contribution in [3.8, 4) is 0 Å². The molecule has 2 N–H and O–H groups in total. The predicted molar refractivity (Wildman–Crippen MR) is 76.9 cm³/mol. The second-order valence-electron chi connectivity index (χ2n) is 4.48. The zero-order valence-corrected chi connectivity index (χ0v) is 12.8. The summed E-state index contributed by atoms with van der Waals surface area (Å²) in [6, 6.07) is 5.02. The lowest BCUT2D eigenvalue weighted by molar-refractivity contribution is 0.0919. The van der Waals surface area contributed by atoms with Crippen LogP contribution in [0, 0.1) is 5.92 Å². The number of rotatable bonds is 5. The van der Waals surface area contributed by atoms with E-state index >= 15 is 0 Å². The highest BCUT2D eigenvalue weighted by atomic mass is 79.9. The van der Waals surface area contributed by atoms with Crippen LogP contribution < -0.4 is 5.32 Å². The van der Waals surface area contributed by atoms with E-state index < -0.39 is 0 Å². The number of aliphatic hydroxyl groups is 1. The first-order valence-corrected chi connectivity index (χ1v) is 7.00. The van der Waals surface area contributed by atoms with E-state index in [9.17, 15) is 9.90 Å². The molecule has 0 saturated heterocycles. The Morgan fingerprint density at radius 1 is 1.50 bits per heavy atom. The summed E-state index contributed by atoms with van der Waals surface area (Å²) in [4.78, 5) is 11.9. The SMILES string of the molecule is CC(C)[C@@H](O)CCNC(=O)c1ccc(Cl)cc1Br. The second-order valence-corrected chi connectivity index (χ2v) is 5.77. The molecule has 0 aliphatic heterocycles. The number of aliphatic hydroxyl groups excluding tert-OH is 1. The largest absolute Gasteiger partial charge is 0.393 e. The van der Waals surface area contributed by atoms with Crippen molar-refractivity contribution in [3.63, 3.8) is 0 Å². The van der Waals surface area contributed by atoms with E-state index in [4.69, 9.17) is 11.6 Å². The van der Waals surface area contributed by atoms with Crippen LogP contribution in [0.4, 0.5) is 0 Å². The Hall–Kier alpha value is -0.580. The molecule has 1 aromatic carbocycles. The molecular formula is C13H17BrClNO2. The third-order valence-corrected chi connectivity index (χ3v) is 3.56. The van der Waals surface area contributed by atoms with Gasteiger partial charge in [-0.3, -0.25) is 4.79 Å². The minimum atomic E-state index is -0.390. The predicted octanol–water partition coefficient (Wildman–Crippen LogP) is 3.24. The van der Waals surface area contributed by atoms with Gasteiger partial charge in [0.1, 0.15) is 0 Å². The molecule has 0 radical (unpaired) electrons. The summed E-state index contributed by atoms with van der Waals surface area (Å²) in [5.74, 6) is 0.0265. The van der Waals surface area contributed by atoms with E-state index in [1.807, 2.05) is 13.8 Å². The highest BCUT2D eigenvalue weighted by Gasteiger charge is 2.12. The van der Waals surface area contributed by atoms with Crippen LogP contribution in [-0.4, -0.2) is 23.7 Å². The minimum Gasteiger partial charge on any atom is -0.393 e. The monoisotopic (exact) mass is 333 g/mol. The van der Waals surface area contributed by atoms with Gasteiger partial charge in [-0.1, -0.05) is 25.4 Å². The van der Waals surface area contributed by atoms with Gasteiger partial charge in [0, 0.05) is 16.0 Å². The normalized spacial score (nSPS) is 12.6. The van der Waals surface area contributed by atoms with Gasteiger partial charge >= 0.3 is 0 Å². The molecular weight excluding hydrogens is 318 g/mol. The summed E-state index contributed by atoms with van der Waals surface area (Å²) in [6.07, 6.45) is 0.160. The van der Waals surface area contributed by atoms with Crippen LogP contribution in [0.25, 0.3) is 0 Å². The zero-order valence-electron chi connectivity index (χ0n) is 10.4. The number of benzene rings is 1. The maximum Gasteiger partial charge on any atom is 0.252 e. The average Bonchev–Trinajstić information content (AvgIpc) is 2.28. The molecule has 0 aromatic heterocycles. The Morgan fingerprint density at radius 2 is 2.17 bits per heavy atom. The van der Waals surface area contributed by atoms with E-state index in [1.54, 1.807) is 18.2 Å². The van der Waals surface area contributed by atoms with Gasteiger partial charge in [-0.2, -0.15) is 0 Å². The summed E-state index contributed by atoms with van der Waals surface area (Å²) < 4.78 is 0.664. The molecule has 1 amide bonds. The Balaban J connectivity index is 2.51. The van der Waals surface area contributed by atoms with Gasteiger partial charge in [0.25, 0.3) is 5.91 Å². The maximum absolute atomic E-state index is 11.9. The van der Waals surface area contributed by atoms with E-state index in [1.165, 1.54) is 0 Å². The first-order valence-electron chi connectivity index (χ1n) is 5.83. The molecule has 0 bridgehead atoms. The summed E-state index contributed by atoms with van der Waals surface area (Å²) in [7, 11) is 0. The van der Waals surface area contributed by atoms with Crippen molar-refractivity contribution < 1.29 is 9.90 Å². The number of nitrogens with one attached hydrogen (secondary N) is 1. The fourth-order valence-electron chi connectivity index (χ4n) is 1.44. The standard InChI is InChI=1S/C13H17BrClNO2/c1-8(2)12(17)5-6-16-13(18)10-4-3-9(15)7-11(10)14/h3-4,7-8,12,17H,5-6H2,1-2H3,(H,16,18)/t12-/m0/s1. The fraction of sp³-hybridized carbons (Fsp3) is 0.462. The van der Waals surface area contributed by atoms with Gasteiger partial charge in [0.15, 0.2) is 0 Å². The van der Waals surface area contributed by atoms with Crippen LogP contribution in [-0.2, 0) is 0 Å². The molecule has 3 nitrogen and oxygen atoms in total. The molecule has 0 spiro atoms. The van der Waals surface area contributed by atoms with Crippen LogP contribution in [0.15, 0.2) is 22.7 Å². The lowest BCUT2D eigenvalue weighted by Gasteiger charge is -2.14. The number of hydrogen-bond donors (Lipinski definition) is 2. The summed E-state index contributed by atoms with van der Waals surface area (Å²) in [5, 5.41) is 13.0. The van der Waals surface area contributed by atoms with Crippen molar-refractivity contribution in [2.75, 3.05) is 6.54 Å². The lowest BCUT2D eigenvalue weighted by atomic mass is 10.0. The van der Waals surface area contributed by atoms with E-state index in [0.717, 1.165) is 0 Å². The zero-order chi connectivity index (χ0) is 13.7. The van der Waals surface area contributed by atoms with Crippen molar-refractivity contribution in [2.24, 2.45) is 5.92 Å². The smallest absolute Gasteiger partial charge is 0.252 e. The van der Waals surface area contributed by atoms with E-state index in [0.29, 0.717) is 28.0 Å². The maximum atomic E-state index is 11.9. The summed E-state index contributed by atoms with van der Waals surface area (Å²) in [5.41, 5.74) is 0.540. The van der Waals surface area contributed by atoms with Gasteiger partial charge in [0.05, 0.1) is 11.7 Å². The molecule has 0 saturated carbocycles. The van der Waals surface area contributed by atoms with Crippen molar-refractivity contribution >= 4 is 33.4 Å². The number of carbonyl (C=O) groups excluding carboxylic acids is 1. The third kappa shape index (κ3) is 4.59. The number of amides is 1. The molecule has 1 aromatic rings. The number of halogens is 2. The van der Waals surface area contributed by atoms with Crippen molar-refractivity contribution in [3.05, 3.63) is 33.3 Å². The van der Waals surface area contributed by atoms with E-state index in [2.05, 4.69) is 21.2 Å². The first-order chi connectivity index (χ1) is 8.41. The van der Waals surface area contributed by atoms with Crippen LogP contribution in [0.2, 0.25) is 5.02 Å². The lowest BCUT2D eigenvalue weighted by Crippen LogP contribution is -2.28. The Labute approximate surface area is 121 Å². The molecule has 5 heteroatoms. The van der Waals surface area contributed by atoms with Gasteiger partial charge in [0.2, 0.25) is 0 Å². The summed E-state index contributed by atoms with van der Waals surface area (Å²) in [6.45, 7) is 4.35. The van der Waals surface area contributed by atoms with Crippen molar-refractivity contribution in [2.45, 2.75) is 26.4 Å². The van der Waals surface area contributed by atoms with Crippen LogP contribution in [0.1, 0.15) is 30.6 Å². The molecule has 18 heavy (non-hydrogen) atoms. The Morgan fingerprint density at radius 3 is 2.72 bits per heavy atom. The molecule has 1 atom stereocenters. The van der Waals surface area contributed by atoms with Gasteiger partial charge in [-0.25, -0.2) is 0 Å². The number of carbonyl (C=O) groups is 1. The number of hydrogen-bond acceptors (Lipinski definition) is 2. The Kier molecular flexibility index (Phi) is 6.12. The van der Waals surface area contributed by atoms with Crippen molar-refractivity contribution in [1.29, 1.82) is 0 Å². The Bertz CT molecular complexity index is 423. The van der Waals surface area contributed by atoms with Gasteiger partial charge in [-0.15, -0.1) is 0 Å².